The molecule has 5 N–H and O–H groups in total. The highest BCUT2D eigenvalue weighted by Gasteiger charge is 2.27. The van der Waals surface area contributed by atoms with E-state index < -0.39 is 0 Å². The van der Waals surface area contributed by atoms with E-state index in [0.29, 0.717) is 41.0 Å². The first-order valence-electron chi connectivity index (χ1n) is 14.9. The van der Waals surface area contributed by atoms with Crippen molar-refractivity contribution in [1.82, 2.24) is 9.88 Å². The van der Waals surface area contributed by atoms with Crippen LogP contribution in [0.2, 0.25) is 0 Å². The van der Waals surface area contributed by atoms with Crippen LogP contribution in [-0.2, 0) is 4.74 Å². The Morgan fingerprint density at radius 3 is 2.66 bits per heavy atom. The molecule has 2 atom stereocenters. The molecule has 3 heterocycles. The number of carbonyl (C=O) groups excluding carboxylic acids is 1. The van der Waals surface area contributed by atoms with Gasteiger partial charge in [-0.15, -0.1) is 0 Å². The third kappa shape index (κ3) is 8.03. The summed E-state index contributed by atoms with van der Waals surface area (Å²) < 4.78 is 17.3. The average Bonchev–Trinajstić information content (AvgIpc) is 3.45. The number of anilines is 3. The van der Waals surface area contributed by atoms with E-state index >= 15 is 0 Å². The first-order chi connectivity index (χ1) is 21.4. The van der Waals surface area contributed by atoms with E-state index in [4.69, 9.17) is 19.9 Å². The predicted octanol–water partition coefficient (Wildman–Crippen LogP) is 4.23. The molecule has 1 saturated heterocycles. The van der Waals surface area contributed by atoms with Crippen molar-refractivity contribution in [3.05, 3.63) is 66.4 Å². The van der Waals surface area contributed by atoms with Gasteiger partial charge in [0.15, 0.2) is 0 Å². The zero-order chi connectivity index (χ0) is 30.9. The molecule has 44 heavy (non-hydrogen) atoms. The monoisotopic (exact) mass is 600 g/mol. The molecule has 2 aliphatic heterocycles. The highest BCUT2D eigenvalue weighted by Crippen LogP contribution is 2.33. The maximum Gasteiger partial charge on any atom is 0.255 e. The summed E-state index contributed by atoms with van der Waals surface area (Å²) in [6.07, 6.45) is 2.24. The van der Waals surface area contributed by atoms with Crippen LogP contribution in [0.25, 0.3) is 0 Å². The van der Waals surface area contributed by atoms with Gasteiger partial charge in [0, 0.05) is 56.1 Å². The van der Waals surface area contributed by atoms with Gasteiger partial charge in [-0.25, -0.2) is 4.98 Å². The number of amides is 1. The van der Waals surface area contributed by atoms with E-state index in [1.807, 2.05) is 25.1 Å². The van der Waals surface area contributed by atoms with Gasteiger partial charge in [0.05, 0.1) is 30.8 Å². The zero-order valence-electron chi connectivity index (χ0n) is 25.4. The number of aromatic nitrogens is 1. The Bertz CT molecular complexity index is 1490. The zero-order valence-corrected chi connectivity index (χ0v) is 25.4. The summed E-state index contributed by atoms with van der Waals surface area (Å²) in [5.74, 6) is 1.81. The second-order valence-electron chi connectivity index (χ2n) is 10.6. The van der Waals surface area contributed by atoms with Crippen molar-refractivity contribution >= 4 is 34.5 Å². The van der Waals surface area contributed by atoms with E-state index in [-0.39, 0.29) is 18.1 Å². The Balaban J connectivity index is 1.15. The van der Waals surface area contributed by atoms with E-state index in [1.54, 1.807) is 49.6 Å². The molecule has 2 aromatic carbocycles. The van der Waals surface area contributed by atoms with Gasteiger partial charge in [0.1, 0.15) is 35.8 Å². The minimum Gasteiger partial charge on any atom is -0.492 e. The normalized spacial score (nSPS) is 17.7. The molecule has 1 fully saturated rings. The van der Waals surface area contributed by atoms with Gasteiger partial charge in [-0.1, -0.05) is 13.0 Å². The number of pyridine rings is 1. The Kier molecular flexibility index (Phi) is 10.3. The lowest BCUT2D eigenvalue weighted by molar-refractivity contribution is 0.0322. The van der Waals surface area contributed by atoms with Crippen LogP contribution in [0.4, 0.5) is 17.1 Å². The van der Waals surface area contributed by atoms with Gasteiger partial charge in [0.2, 0.25) is 5.88 Å². The van der Waals surface area contributed by atoms with Crippen LogP contribution < -0.4 is 31.2 Å². The maximum atomic E-state index is 12.9. The minimum absolute atomic E-state index is 0.105. The molecule has 0 radical (unpaired) electrons. The second kappa shape index (κ2) is 14.7. The second-order valence-corrected chi connectivity index (χ2v) is 10.6. The lowest BCUT2D eigenvalue weighted by Crippen LogP contribution is -2.41. The fraction of sp³-hybridized carbons (Fsp3) is 0.375. The predicted molar refractivity (Wildman–Crippen MR) is 174 cm³/mol. The van der Waals surface area contributed by atoms with Crippen molar-refractivity contribution < 1.29 is 19.0 Å². The first-order valence-corrected chi connectivity index (χ1v) is 14.9. The molecule has 0 aliphatic carbocycles. The fourth-order valence-corrected chi connectivity index (χ4v) is 4.78. The summed E-state index contributed by atoms with van der Waals surface area (Å²) in [6, 6.07) is 16.2. The van der Waals surface area contributed by atoms with Crippen LogP contribution in [-0.4, -0.2) is 86.0 Å². The number of fused-ring (bicyclic) bond motifs is 1. The van der Waals surface area contributed by atoms with Crippen molar-refractivity contribution in [3.8, 4) is 17.4 Å². The number of morpholine rings is 1. The molecule has 3 aromatic rings. The van der Waals surface area contributed by atoms with Crippen molar-refractivity contribution in [3.63, 3.8) is 0 Å². The molecule has 232 valence electrons. The molecule has 0 saturated carbocycles. The van der Waals surface area contributed by atoms with E-state index in [9.17, 15) is 4.79 Å². The molecule has 0 spiro atoms. The Morgan fingerprint density at radius 1 is 1.14 bits per heavy atom. The number of rotatable bonds is 12. The number of nitrogens with one attached hydrogen (secondary N) is 3. The standard InChI is InChI=1S/C32H40N8O4/c1-4-21(2)36-30(33)29(34-3)31-38-26-19-28(35-20-27(26)39-31)44-25-7-5-6-23(18-25)37-32(41)22-8-10-24(11-9-22)43-17-14-40-12-15-42-16-13-40/h5-11,18-21,31,38-39H,4,12-17H2,1-3H3,(H2,33,36)(H,37,41). The molecule has 12 heteroatoms. The lowest BCUT2D eigenvalue weighted by Gasteiger charge is -2.26. The Morgan fingerprint density at radius 2 is 1.91 bits per heavy atom. The van der Waals surface area contributed by atoms with Gasteiger partial charge < -0.3 is 35.9 Å². The number of aliphatic imine (C=N–C) groups is 2. The maximum absolute atomic E-state index is 12.9. The molecular formula is C32H40N8O4. The average molecular weight is 601 g/mol. The number of hydrogen-bond acceptors (Lipinski definition) is 10. The fourth-order valence-electron chi connectivity index (χ4n) is 4.78. The quantitative estimate of drug-likeness (QED) is 0.177. The van der Waals surface area contributed by atoms with E-state index in [0.717, 1.165) is 56.4 Å². The summed E-state index contributed by atoms with van der Waals surface area (Å²) >= 11 is 0. The molecule has 2 unspecified atom stereocenters. The van der Waals surface area contributed by atoms with Crippen LogP contribution >= 0.6 is 0 Å². The number of nitrogens with two attached hydrogens (primary N) is 1. The summed E-state index contributed by atoms with van der Waals surface area (Å²) in [5, 5.41) is 9.64. The van der Waals surface area contributed by atoms with Gasteiger partial charge in [0.25, 0.3) is 5.91 Å². The van der Waals surface area contributed by atoms with Crippen molar-refractivity contribution in [2.45, 2.75) is 32.5 Å². The van der Waals surface area contributed by atoms with Gasteiger partial charge in [-0.05, 0) is 49.7 Å². The third-order valence-electron chi connectivity index (χ3n) is 7.42. The molecule has 1 amide bonds. The van der Waals surface area contributed by atoms with Crippen LogP contribution in [0.5, 0.6) is 17.4 Å². The highest BCUT2D eigenvalue weighted by atomic mass is 16.5. The van der Waals surface area contributed by atoms with Gasteiger partial charge in [-0.3, -0.25) is 19.7 Å². The summed E-state index contributed by atoms with van der Waals surface area (Å²) in [4.78, 5) is 28.5. The molecular weight excluding hydrogens is 560 g/mol. The van der Waals surface area contributed by atoms with Crippen LogP contribution in [0.3, 0.4) is 0 Å². The first kappa shape index (κ1) is 30.8. The number of nitrogens with zero attached hydrogens (tertiary/aromatic N) is 4. The summed E-state index contributed by atoms with van der Waals surface area (Å²) in [6.45, 7) is 8.88. The molecule has 12 nitrogen and oxygen atoms in total. The number of carbonyl (C=O) groups is 1. The lowest BCUT2D eigenvalue weighted by atomic mass is 10.2. The molecule has 1 aromatic heterocycles. The Labute approximate surface area is 257 Å². The van der Waals surface area contributed by atoms with Crippen molar-refractivity contribution in [2.75, 3.05) is 62.5 Å². The summed E-state index contributed by atoms with van der Waals surface area (Å²) in [5.41, 5.74) is 9.59. The minimum atomic E-state index is -0.339. The van der Waals surface area contributed by atoms with Crippen LogP contribution in [0.1, 0.15) is 30.6 Å². The third-order valence-corrected chi connectivity index (χ3v) is 7.42. The highest BCUT2D eigenvalue weighted by molar-refractivity contribution is 6.44. The van der Waals surface area contributed by atoms with Crippen molar-refractivity contribution in [2.24, 2.45) is 15.7 Å². The van der Waals surface area contributed by atoms with Crippen LogP contribution in [0, 0.1) is 0 Å². The van der Waals surface area contributed by atoms with Crippen molar-refractivity contribution in [1.29, 1.82) is 0 Å². The number of amidine groups is 1. The molecule has 0 bridgehead atoms. The van der Waals surface area contributed by atoms with E-state index in [2.05, 4.69) is 42.7 Å². The molecule has 5 rings (SSSR count). The summed E-state index contributed by atoms with van der Waals surface area (Å²) in [7, 11) is 1.69. The van der Waals surface area contributed by atoms with E-state index in [1.165, 1.54) is 0 Å². The van der Waals surface area contributed by atoms with Gasteiger partial charge in [-0.2, -0.15) is 0 Å². The SMILES string of the molecule is CCC(C)N=C(N)C(=NC)C1Nc2cnc(Oc3cccc(NC(=O)c4ccc(OCCN5CCOCC5)cc4)c3)cc2N1. The topological polar surface area (TPSA) is 148 Å². The Hall–Kier alpha value is -4.68. The number of benzene rings is 2. The smallest absolute Gasteiger partial charge is 0.255 e. The number of ether oxygens (including phenoxy) is 3. The number of hydrogen-bond donors (Lipinski definition) is 4. The largest absolute Gasteiger partial charge is 0.492 e. The molecule has 2 aliphatic rings. The van der Waals surface area contributed by atoms with Gasteiger partial charge >= 0.3 is 0 Å². The van der Waals surface area contributed by atoms with Crippen LogP contribution in [0.15, 0.2) is 70.8 Å².